The highest BCUT2D eigenvalue weighted by Crippen LogP contribution is 2.36. The fraction of sp³-hybridized carbons (Fsp3) is 0.357. The number of benzene rings is 1. The van der Waals surface area contributed by atoms with E-state index >= 15 is 0 Å². The molecule has 0 amide bonds. The molecule has 0 unspecified atom stereocenters. The Morgan fingerprint density at radius 3 is 2.80 bits per heavy atom. The lowest BCUT2D eigenvalue weighted by atomic mass is 10.2. The molecule has 0 aliphatic carbocycles. The van der Waals surface area contributed by atoms with E-state index in [-0.39, 0.29) is 5.82 Å². The van der Waals surface area contributed by atoms with Gasteiger partial charge in [-0.25, -0.2) is 9.37 Å². The maximum atomic E-state index is 14.1. The van der Waals surface area contributed by atoms with Crippen LogP contribution in [0.4, 0.5) is 4.39 Å². The summed E-state index contributed by atoms with van der Waals surface area (Å²) in [6, 6.07) is 4.76. The molecule has 20 heavy (non-hydrogen) atoms. The van der Waals surface area contributed by atoms with Crippen LogP contribution in [0.1, 0.15) is 10.6 Å². The van der Waals surface area contributed by atoms with Gasteiger partial charge in [0.25, 0.3) is 0 Å². The van der Waals surface area contributed by atoms with Gasteiger partial charge in [-0.2, -0.15) is 0 Å². The van der Waals surface area contributed by atoms with Crippen molar-refractivity contribution in [3.05, 3.63) is 34.6 Å². The van der Waals surface area contributed by atoms with E-state index in [4.69, 9.17) is 9.47 Å². The number of thiazole rings is 1. The largest absolute Gasteiger partial charge is 0.496 e. The zero-order chi connectivity index (χ0) is 14.5. The van der Waals surface area contributed by atoms with Gasteiger partial charge in [-0.05, 0) is 19.2 Å². The van der Waals surface area contributed by atoms with Crippen molar-refractivity contribution in [3.8, 4) is 16.3 Å². The van der Waals surface area contributed by atoms with Crippen LogP contribution in [0.3, 0.4) is 0 Å². The lowest BCUT2D eigenvalue weighted by molar-refractivity contribution is 0.181. The molecule has 2 rings (SSSR count). The van der Waals surface area contributed by atoms with E-state index in [1.165, 1.54) is 24.5 Å². The molecule has 0 aliphatic heterocycles. The Bertz CT molecular complexity index is 563. The highest BCUT2D eigenvalue weighted by Gasteiger charge is 2.18. The maximum Gasteiger partial charge on any atom is 0.137 e. The van der Waals surface area contributed by atoms with Gasteiger partial charge in [-0.15, -0.1) is 11.3 Å². The van der Waals surface area contributed by atoms with Crippen LogP contribution < -0.4 is 10.1 Å². The molecule has 0 spiro atoms. The molecule has 0 fully saturated rings. The summed E-state index contributed by atoms with van der Waals surface area (Å²) < 4.78 is 24.4. The van der Waals surface area contributed by atoms with E-state index in [1.807, 2.05) is 7.05 Å². The fourth-order valence-electron chi connectivity index (χ4n) is 1.92. The minimum Gasteiger partial charge on any atom is -0.496 e. The lowest BCUT2D eigenvalue weighted by Gasteiger charge is -2.06. The summed E-state index contributed by atoms with van der Waals surface area (Å²) in [6.45, 7) is 1.08. The third-order valence-electron chi connectivity index (χ3n) is 2.81. The molecule has 0 saturated heterocycles. The first-order chi connectivity index (χ1) is 9.71. The Hall–Kier alpha value is -1.50. The predicted octanol–water partition coefficient (Wildman–Crippen LogP) is 2.82. The number of ether oxygens (including phenoxy) is 2. The second kappa shape index (κ2) is 6.78. The molecule has 0 saturated carbocycles. The van der Waals surface area contributed by atoms with Crippen molar-refractivity contribution in [1.82, 2.24) is 10.3 Å². The van der Waals surface area contributed by atoms with Crippen molar-refractivity contribution in [2.24, 2.45) is 0 Å². The molecule has 108 valence electrons. The summed E-state index contributed by atoms with van der Waals surface area (Å²) >= 11 is 1.45. The van der Waals surface area contributed by atoms with Crippen molar-refractivity contribution in [3.63, 3.8) is 0 Å². The zero-order valence-electron chi connectivity index (χ0n) is 11.7. The standard InChI is InChI=1S/C14H17FN2O2S/c1-16-7-12-10(8-18-2)17-14(20-12)13-9(15)5-4-6-11(13)19-3/h4-6,16H,7-8H2,1-3H3. The number of aromatic nitrogens is 1. The van der Waals surface area contributed by atoms with E-state index in [9.17, 15) is 4.39 Å². The second-order valence-electron chi connectivity index (χ2n) is 4.17. The van der Waals surface area contributed by atoms with Crippen LogP contribution in [0.15, 0.2) is 18.2 Å². The van der Waals surface area contributed by atoms with Gasteiger partial charge in [0.05, 0.1) is 25.0 Å². The van der Waals surface area contributed by atoms with E-state index < -0.39 is 0 Å². The van der Waals surface area contributed by atoms with Gasteiger partial charge in [0.15, 0.2) is 0 Å². The van der Waals surface area contributed by atoms with Crippen LogP contribution in [0.2, 0.25) is 0 Å². The number of nitrogens with one attached hydrogen (secondary N) is 1. The molecule has 1 N–H and O–H groups in total. The van der Waals surface area contributed by atoms with Gasteiger partial charge < -0.3 is 14.8 Å². The molecule has 0 bridgehead atoms. The predicted molar refractivity (Wildman–Crippen MR) is 77.5 cm³/mol. The topological polar surface area (TPSA) is 43.4 Å². The van der Waals surface area contributed by atoms with Crippen molar-refractivity contribution in [2.45, 2.75) is 13.2 Å². The highest BCUT2D eigenvalue weighted by molar-refractivity contribution is 7.15. The van der Waals surface area contributed by atoms with Gasteiger partial charge in [0, 0.05) is 18.5 Å². The normalized spacial score (nSPS) is 10.8. The third kappa shape index (κ3) is 2.98. The summed E-state index contributed by atoms with van der Waals surface area (Å²) in [6.07, 6.45) is 0. The monoisotopic (exact) mass is 296 g/mol. The summed E-state index contributed by atoms with van der Waals surface area (Å²) in [7, 11) is 5.00. The zero-order valence-corrected chi connectivity index (χ0v) is 12.5. The van der Waals surface area contributed by atoms with Crippen LogP contribution in [0.25, 0.3) is 10.6 Å². The summed E-state index contributed by atoms with van der Waals surface area (Å²) in [5, 5.41) is 3.69. The van der Waals surface area contributed by atoms with Crippen LogP contribution in [-0.2, 0) is 17.9 Å². The average molecular weight is 296 g/mol. The summed E-state index contributed by atoms with van der Waals surface area (Å²) in [5.41, 5.74) is 1.23. The SMILES string of the molecule is CNCc1sc(-c2c(F)cccc2OC)nc1COC. The Morgan fingerprint density at radius 2 is 2.15 bits per heavy atom. The van der Waals surface area contributed by atoms with Gasteiger partial charge in [0.1, 0.15) is 16.6 Å². The molecule has 1 aromatic carbocycles. The van der Waals surface area contributed by atoms with E-state index in [2.05, 4.69) is 10.3 Å². The van der Waals surface area contributed by atoms with Crippen molar-refractivity contribution in [1.29, 1.82) is 0 Å². The van der Waals surface area contributed by atoms with E-state index in [1.54, 1.807) is 19.2 Å². The minimum atomic E-state index is -0.335. The number of hydrogen-bond acceptors (Lipinski definition) is 5. The number of hydrogen-bond donors (Lipinski definition) is 1. The highest BCUT2D eigenvalue weighted by atomic mass is 32.1. The van der Waals surface area contributed by atoms with E-state index in [0.717, 1.165) is 10.6 Å². The Balaban J connectivity index is 2.50. The van der Waals surface area contributed by atoms with Gasteiger partial charge in [-0.1, -0.05) is 6.07 Å². The van der Waals surface area contributed by atoms with Gasteiger partial charge >= 0.3 is 0 Å². The third-order valence-corrected chi connectivity index (χ3v) is 3.92. The smallest absolute Gasteiger partial charge is 0.137 e. The first-order valence-electron chi connectivity index (χ1n) is 6.16. The summed E-state index contributed by atoms with van der Waals surface area (Å²) in [4.78, 5) is 5.53. The Labute approximate surface area is 121 Å². The van der Waals surface area contributed by atoms with Crippen LogP contribution in [-0.4, -0.2) is 26.3 Å². The first-order valence-corrected chi connectivity index (χ1v) is 6.97. The molecule has 4 nitrogen and oxygen atoms in total. The Morgan fingerprint density at radius 1 is 1.35 bits per heavy atom. The van der Waals surface area contributed by atoms with Crippen LogP contribution in [0.5, 0.6) is 5.75 Å². The molecule has 6 heteroatoms. The first kappa shape index (κ1) is 14.9. The van der Waals surface area contributed by atoms with Gasteiger partial charge in [0.2, 0.25) is 0 Å². The van der Waals surface area contributed by atoms with Gasteiger partial charge in [-0.3, -0.25) is 0 Å². The quantitative estimate of drug-likeness (QED) is 0.890. The number of methoxy groups -OCH3 is 2. The molecule has 1 heterocycles. The van der Waals surface area contributed by atoms with Crippen LogP contribution in [0, 0.1) is 5.82 Å². The molecule has 0 radical (unpaired) electrons. The average Bonchev–Trinajstić information content (AvgIpc) is 2.82. The van der Waals surface area contributed by atoms with Crippen LogP contribution >= 0.6 is 11.3 Å². The maximum absolute atomic E-state index is 14.1. The Kier molecular flexibility index (Phi) is 5.05. The molecule has 1 aromatic heterocycles. The number of nitrogens with zero attached hydrogens (tertiary/aromatic N) is 1. The van der Waals surface area contributed by atoms with Crippen molar-refractivity contribution >= 4 is 11.3 Å². The fourth-order valence-corrected chi connectivity index (χ4v) is 3.05. The van der Waals surface area contributed by atoms with E-state index in [0.29, 0.717) is 29.5 Å². The second-order valence-corrected chi connectivity index (χ2v) is 5.25. The molecule has 2 aromatic rings. The van der Waals surface area contributed by atoms with Crippen molar-refractivity contribution < 1.29 is 13.9 Å². The van der Waals surface area contributed by atoms with Crippen molar-refractivity contribution in [2.75, 3.05) is 21.3 Å². The minimum absolute atomic E-state index is 0.335. The molecule has 0 aliphatic rings. The lowest BCUT2D eigenvalue weighted by Crippen LogP contribution is -2.06. The molecule has 0 atom stereocenters. The number of rotatable bonds is 6. The summed E-state index contributed by atoms with van der Waals surface area (Å²) in [5.74, 6) is 0.150. The molecular weight excluding hydrogens is 279 g/mol. The number of halogens is 1. The molecular formula is C14H17FN2O2S.